The van der Waals surface area contributed by atoms with Gasteiger partial charge in [-0.25, -0.2) is 22.0 Å². The van der Waals surface area contributed by atoms with E-state index in [1.807, 2.05) is 0 Å². The van der Waals surface area contributed by atoms with Gasteiger partial charge in [0.25, 0.3) is 10.0 Å². The summed E-state index contributed by atoms with van der Waals surface area (Å²) < 4.78 is 50.7. The molecule has 8 nitrogen and oxygen atoms in total. The molecule has 1 heterocycles. The average Bonchev–Trinajstić information content (AvgIpc) is 2.95. The monoisotopic (exact) mass is 424 g/mol. The minimum Gasteiger partial charge on any atom is -0.481 e. The summed E-state index contributed by atoms with van der Waals surface area (Å²) in [6.07, 6.45) is 0.651. The Bertz CT molecular complexity index is 1130. The van der Waals surface area contributed by atoms with Gasteiger partial charge in [-0.1, -0.05) is 12.1 Å². The highest BCUT2D eigenvalue weighted by Gasteiger charge is 2.36. The largest absolute Gasteiger partial charge is 0.481 e. The van der Waals surface area contributed by atoms with Crippen molar-refractivity contribution in [1.82, 2.24) is 0 Å². The van der Waals surface area contributed by atoms with Crippen LogP contribution >= 0.6 is 0 Å². The van der Waals surface area contributed by atoms with Crippen molar-refractivity contribution >= 4 is 31.7 Å². The Balaban J connectivity index is 1.94. The maximum Gasteiger partial charge on any atom is 0.303 e. The van der Waals surface area contributed by atoms with Gasteiger partial charge in [0, 0.05) is 12.5 Å². The van der Waals surface area contributed by atoms with Gasteiger partial charge in [0.2, 0.25) is 10.0 Å². The average molecular weight is 425 g/mol. The van der Waals surface area contributed by atoms with E-state index >= 15 is 0 Å². The lowest BCUT2D eigenvalue weighted by Gasteiger charge is -2.24. The number of fused-ring (bicyclic) bond motifs is 1. The number of nitrogens with two attached hydrogens (primary N) is 1. The first-order chi connectivity index (χ1) is 13.0. The fourth-order valence-electron chi connectivity index (χ4n) is 3.32. The molecule has 28 heavy (non-hydrogen) atoms. The lowest BCUT2D eigenvalue weighted by molar-refractivity contribution is -0.136. The van der Waals surface area contributed by atoms with Crippen LogP contribution in [0, 0.1) is 0 Å². The maximum absolute atomic E-state index is 13.2. The molecule has 0 radical (unpaired) electrons. The molecule has 3 N–H and O–H groups in total. The number of rotatable bonds is 6. The van der Waals surface area contributed by atoms with Gasteiger partial charge in [-0.3, -0.25) is 9.10 Å². The lowest BCUT2D eigenvalue weighted by Crippen LogP contribution is -2.35. The highest BCUT2D eigenvalue weighted by molar-refractivity contribution is 7.93. The number of benzene rings is 2. The highest BCUT2D eigenvalue weighted by Crippen LogP contribution is 2.37. The number of aliphatic carboxylic acids is 1. The Morgan fingerprint density at radius 1 is 1.11 bits per heavy atom. The van der Waals surface area contributed by atoms with E-state index in [2.05, 4.69) is 0 Å². The van der Waals surface area contributed by atoms with E-state index in [1.54, 1.807) is 19.1 Å². The van der Waals surface area contributed by atoms with Gasteiger partial charge in [-0.2, -0.15) is 0 Å². The van der Waals surface area contributed by atoms with E-state index in [-0.39, 0.29) is 22.3 Å². The molecule has 1 unspecified atom stereocenters. The van der Waals surface area contributed by atoms with Gasteiger partial charge in [0.05, 0.1) is 15.5 Å². The molecule has 1 aliphatic heterocycles. The summed E-state index contributed by atoms with van der Waals surface area (Å²) in [6.45, 7) is 1.75. The zero-order valence-corrected chi connectivity index (χ0v) is 16.7. The summed E-state index contributed by atoms with van der Waals surface area (Å²) in [7, 11) is -7.73. The SMILES string of the molecule is CC1Cc2cc(S(N)(=O)=O)ccc2N1S(=O)(=O)c1ccc(CCC(=O)O)cc1. The number of carboxylic acids is 1. The van der Waals surface area contributed by atoms with Gasteiger partial charge in [0.15, 0.2) is 0 Å². The number of aryl methyl sites for hydroxylation is 1. The van der Waals surface area contributed by atoms with Crippen LogP contribution in [0.1, 0.15) is 24.5 Å². The summed E-state index contributed by atoms with van der Waals surface area (Å²) in [5.74, 6) is -0.918. The number of sulfonamides is 2. The lowest BCUT2D eigenvalue weighted by atomic mass is 10.1. The van der Waals surface area contributed by atoms with Crippen molar-refractivity contribution in [3.63, 3.8) is 0 Å². The smallest absolute Gasteiger partial charge is 0.303 e. The molecular weight excluding hydrogens is 404 g/mol. The van der Waals surface area contributed by atoms with Crippen molar-refractivity contribution in [2.75, 3.05) is 4.31 Å². The zero-order valence-electron chi connectivity index (χ0n) is 15.1. The summed E-state index contributed by atoms with van der Waals surface area (Å²) >= 11 is 0. The van der Waals surface area contributed by atoms with Gasteiger partial charge in [-0.15, -0.1) is 0 Å². The molecule has 0 spiro atoms. The molecule has 2 aromatic carbocycles. The second kappa shape index (κ2) is 7.19. The van der Waals surface area contributed by atoms with Gasteiger partial charge in [0.1, 0.15) is 0 Å². The van der Waals surface area contributed by atoms with Gasteiger partial charge >= 0.3 is 5.97 Å². The number of anilines is 1. The molecule has 1 atom stereocenters. The Labute approximate surface area is 163 Å². The third-order valence-corrected chi connectivity index (χ3v) is 7.49. The topological polar surface area (TPSA) is 135 Å². The summed E-state index contributed by atoms with van der Waals surface area (Å²) in [5.41, 5.74) is 1.75. The molecule has 0 saturated carbocycles. The maximum atomic E-state index is 13.2. The van der Waals surface area contributed by atoms with Crippen LogP contribution in [0.5, 0.6) is 0 Å². The number of primary sulfonamides is 1. The van der Waals surface area contributed by atoms with Crippen molar-refractivity contribution in [1.29, 1.82) is 0 Å². The molecule has 0 amide bonds. The molecule has 2 aromatic rings. The van der Waals surface area contributed by atoms with E-state index in [9.17, 15) is 21.6 Å². The van der Waals surface area contributed by atoms with E-state index < -0.39 is 26.0 Å². The molecule has 0 bridgehead atoms. The van der Waals surface area contributed by atoms with Crippen molar-refractivity contribution in [2.24, 2.45) is 5.14 Å². The molecule has 0 aliphatic carbocycles. The second-order valence-corrected chi connectivity index (χ2v) is 10.1. The standard InChI is InChI=1S/C18H20N2O6S2/c1-12-10-14-11-16(27(19,23)24)7-8-17(14)20(12)28(25,26)15-5-2-13(3-6-15)4-9-18(21)22/h2-3,5-8,11-12H,4,9-10H2,1H3,(H,21,22)(H2,19,23,24). The van der Waals surface area contributed by atoms with Crippen molar-refractivity contribution < 1.29 is 26.7 Å². The van der Waals surface area contributed by atoms with Crippen LogP contribution in [-0.2, 0) is 37.7 Å². The number of carboxylic acid groups (broad SMARTS) is 1. The number of hydrogen-bond donors (Lipinski definition) is 2. The Hall–Kier alpha value is -2.43. The predicted molar refractivity (Wildman–Crippen MR) is 103 cm³/mol. The Morgan fingerprint density at radius 3 is 2.29 bits per heavy atom. The van der Waals surface area contributed by atoms with Crippen LogP contribution in [0.15, 0.2) is 52.3 Å². The second-order valence-electron chi connectivity index (χ2n) is 6.73. The number of hydrogen-bond acceptors (Lipinski definition) is 5. The van der Waals surface area contributed by atoms with Crippen LogP contribution in [0.3, 0.4) is 0 Å². The van der Waals surface area contributed by atoms with Crippen LogP contribution in [-0.4, -0.2) is 34.0 Å². The van der Waals surface area contributed by atoms with E-state index in [4.69, 9.17) is 10.2 Å². The Morgan fingerprint density at radius 2 is 1.71 bits per heavy atom. The first kappa shape index (κ1) is 20.3. The molecule has 10 heteroatoms. The molecular formula is C18H20N2O6S2. The minimum absolute atomic E-state index is 0.0327. The number of nitrogens with zero attached hydrogens (tertiary/aromatic N) is 1. The van der Waals surface area contributed by atoms with Crippen molar-refractivity contribution in [3.8, 4) is 0 Å². The third-order valence-electron chi connectivity index (χ3n) is 4.64. The fourth-order valence-corrected chi connectivity index (χ4v) is 5.57. The van der Waals surface area contributed by atoms with E-state index in [0.29, 0.717) is 24.1 Å². The summed E-state index contributed by atoms with van der Waals surface area (Å²) in [6, 6.07) is 9.88. The summed E-state index contributed by atoms with van der Waals surface area (Å²) in [5, 5.41) is 13.9. The normalized spacial score (nSPS) is 16.8. The molecule has 0 saturated heterocycles. The quantitative estimate of drug-likeness (QED) is 0.721. The first-order valence-corrected chi connectivity index (χ1v) is 11.5. The first-order valence-electron chi connectivity index (χ1n) is 8.51. The zero-order chi connectivity index (χ0) is 20.7. The van der Waals surface area contributed by atoms with E-state index in [0.717, 1.165) is 5.56 Å². The summed E-state index contributed by atoms with van der Waals surface area (Å²) in [4.78, 5) is 10.7. The minimum atomic E-state index is -3.87. The molecule has 1 aliphatic rings. The molecule has 3 rings (SSSR count). The van der Waals surface area contributed by atoms with Crippen LogP contribution < -0.4 is 9.44 Å². The van der Waals surface area contributed by atoms with E-state index in [1.165, 1.54) is 34.6 Å². The van der Waals surface area contributed by atoms with Crippen LogP contribution in [0.25, 0.3) is 0 Å². The molecule has 0 fully saturated rings. The molecule has 150 valence electrons. The highest BCUT2D eigenvalue weighted by atomic mass is 32.2. The van der Waals surface area contributed by atoms with Gasteiger partial charge < -0.3 is 5.11 Å². The predicted octanol–water partition coefficient (Wildman–Crippen LogP) is 1.49. The van der Waals surface area contributed by atoms with Crippen molar-refractivity contribution in [2.45, 2.75) is 42.0 Å². The van der Waals surface area contributed by atoms with Crippen molar-refractivity contribution in [3.05, 3.63) is 53.6 Å². The van der Waals surface area contributed by atoms with Crippen LogP contribution in [0.4, 0.5) is 5.69 Å². The molecule has 0 aromatic heterocycles. The number of carbonyl (C=O) groups is 1. The van der Waals surface area contributed by atoms with Gasteiger partial charge in [-0.05, 0) is 61.2 Å². The van der Waals surface area contributed by atoms with Crippen LogP contribution in [0.2, 0.25) is 0 Å². The third kappa shape index (κ3) is 3.89. The fraction of sp³-hybridized carbons (Fsp3) is 0.278. The Kier molecular flexibility index (Phi) is 5.22.